The van der Waals surface area contributed by atoms with Gasteiger partial charge in [0.25, 0.3) is 0 Å². The number of benzene rings is 2. The normalized spacial score (nSPS) is 14.0. The van der Waals surface area contributed by atoms with Crippen molar-refractivity contribution in [1.29, 1.82) is 0 Å². The maximum atomic E-state index is 13.8. The van der Waals surface area contributed by atoms with Crippen LogP contribution in [-0.2, 0) is 0 Å². The van der Waals surface area contributed by atoms with Gasteiger partial charge in [0.15, 0.2) is 0 Å². The molecule has 3 nitrogen and oxygen atoms in total. The van der Waals surface area contributed by atoms with E-state index in [1.54, 1.807) is 13.0 Å². The molecule has 0 fully saturated rings. The van der Waals surface area contributed by atoms with E-state index in [1.807, 2.05) is 13.1 Å². The van der Waals surface area contributed by atoms with Crippen molar-refractivity contribution >= 4 is 5.70 Å². The van der Waals surface area contributed by atoms with Gasteiger partial charge >= 0.3 is 0 Å². The molecular weight excluding hydrogens is 373 g/mol. The average Bonchev–Trinajstić information content (AvgIpc) is 2.71. The highest BCUT2D eigenvalue weighted by Crippen LogP contribution is 2.37. The van der Waals surface area contributed by atoms with E-state index in [1.165, 1.54) is 17.2 Å². The molecule has 4 heteroatoms. The summed E-state index contributed by atoms with van der Waals surface area (Å²) in [6.07, 6.45) is 1.98. The molecule has 0 bridgehead atoms. The van der Waals surface area contributed by atoms with Gasteiger partial charge in [-0.15, -0.1) is 0 Å². The van der Waals surface area contributed by atoms with E-state index in [9.17, 15) is 4.39 Å². The number of halogens is 1. The van der Waals surface area contributed by atoms with Crippen molar-refractivity contribution in [2.75, 3.05) is 13.6 Å². The molecule has 3 N–H and O–H groups in total. The van der Waals surface area contributed by atoms with Crippen LogP contribution in [0.2, 0.25) is 0 Å². The van der Waals surface area contributed by atoms with Crippen LogP contribution in [0.25, 0.3) is 5.70 Å². The monoisotopic (exact) mass is 411 g/mol. The van der Waals surface area contributed by atoms with E-state index < -0.39 is 0 Å². The first-order chi connectivity index (χ1) is 14.1. The van der Waals surface area contributed by atoms with Crippen LogP contribution in [0.5, 0.6) is 0 Å². The SMILES string of the molecule is CCCN(NC)C(C)(C)CC(/C(C)=C(/N)c1ccc(F)c(C)c1)c1ccc(C)cc1. The molecule has 1 atom stereocenters. The van der Waals surface area contributed by atoms with Gasteiger partial charge < -0.3 is 5.73 Å². The fourth-order valence-electron chi connectivity index (χ4n) is 4.10. The van der Waals surface area contributed by atoms with Gasteiger partial charge in [-0.3, -0.25) is 5.43 Å². The molecule has 0 spiro atoms. The predicted octanol–water partition coefficient (Wildman–Crippen LogP) is 5.93. The second-order valence-corrected chi connectivity index (χ2v) is 8.92. The highest BCUT2D eigenvalue weighted by molar-refractivity contribution is 5.67. The molecule has 164 valence electrons. The first-order valence-electron chi connectivity index (χ1n) is 10.8. The van der Waals surface area contributed by atoms with Gasteiger partial charge in [-0.1, -0.05) is 36.8 Å². The lowest BCUT2D eigenvalue weighted by atomic mass is 9.79. The fraction of sp³-hybridized carbons (Fsp3) is 0.462. The molecule has 0 aliphatic heterocycles. The Hall–Kier alpha value is -2.17. The summed E-state index contributed by atoms with van der Waals surface area (Å²) in [5.41, 5.74) is 15.7. The van der Waals surface area contributed by atoms with Crippen LogP contribution in [0.4, 0.5) is 4.39 Å². The molecule has 0 amide bonds. The number of nitrogens with zero attached hydrogens (tertiary/aromatic N) is 1. The van der Waals surface area contributed by atoms with Gasteiger partial charge in [0.05, 0.1) is 0 Å². The van der Waals surface area contributed by atoms with Crippen molar-refractivity contribution in [2.45, 2.75) is 65.8 Å². The van der Waals surface area contributed by atoms with Crippen molar-refractivity contribution in [2.24, 2.45) is 5.73 Å². The summed E-state index contributed by atoms with van der Waals surface area (Å²) in [5.74, 6) is -0.0525. The molecule has 0 radical (unpaired) electrons. The summed E-state index contributed by atoms with van der Waals surface area (Å²) in [6, 6.07) is 13.8. The zero-order chi connectivity index (χ0) is 22.5. The Kier molecular flexibility index (Phi) is 8.22. The Morgan fingerprint density at radius 3 is 2.30 bits per heavy atom. The molecule has 0 aromatic heterocycles. The Morgan fingerprint density at radius 1 is 1.13 bits per heavy atom. The van der Waals surface area contributed by atoms with E-state index in [2.05, 4.69) is 69.3 Å². The molecule has 0 saturated heterocycles. The Labute approximate surface area is 182 Å². The third-order valence-corrected chi connectivity index (χ3v) is 6.05. The van der Waals surface area contributed by atoms with Crippen LogP contribution in [-0.4, -0.2) is 24.1 Å². The van der Waals surface area contributed by atoms with Gasteiger partial charge in [0.2, 0.25) is 0 Å². The number of aryl methyl sites for hydroxylation is 2. The summed E-state index contributed by atoms with van der Waals surface area (Å²) in [4.78, 5) is 0. The summed E-state index contributed by atoms with van der Waals surface area (Å²) in [6.45, 7) is 13.7. The summed E-state index contributed by atoms with van der Waals surface area (Å²) in [7, 11) is 1.98. The van der Waals surface area contributed by atoms with E-state index in [0.717, 1.165) is 36.2 Å². The molecule has 30 heavy (non-hydrogen) atoms. The van der Waals surface area contributed by atoms with Gasteiger partial charge in [0.1, 0.15) is 5.82 Å². The predicted molar refractivity (Wildman–Crippen MR) is 127 cm³/mol. The van der Waals surface area contributed by atoms with Crippen molar-refractivity contribution in [3.63, 3.8) is 0 Å². The molecule has 2 aromatic carbocycles. The third kappa shape index (κ3) is 5.71. The van der Waals surface area contributed by atoms with E-state index >= 15 is 0 Å². The standard InChI is InChI=1S/C26H38FN3/c1-8-15-30(29-7)26(5,6)17-23(21-11-9-18(2)10-12-21)20(4)25(28)22-13-14-24(27)19(3)16-22/h9-14,16,23,29H,8,15,17,28H2,1-7H3/b25-20+. The number of rotatable bonds is 9. The van der Waals surface area contributed by atoms with Crippen LogP contribution in [0, 0.1) is 19.7 Å². The average molecular weight is 412 g/mol. The molecule has 0 aliphatic rings. The number of allylic oxidation sites excluding steroid dienone is 1. The molecule has 1 unspecified atom stereocenters. The number of hydrogen-bond acceptors (Lipinski definition) is 3. The topological polar surface area (TPSA) is 41.3 Å². The minimum atomic E-state index is -0.204. The lowest BCUT2D eigenvalue weighted by Gasteiger charge is -2.40. The molecule has 0 aliphatic carbocycles. The number of hydrogen-bond donors (Lipinski definition) is 2. The van der Waals surface area contributed by atoms with E-state index in [4.69, 9.17) is 5.73 Å². The lowest BCUT2D eigenvalue weighted by molar-refractivity contribution is 0.0600. The maximum absolute atomic E-state index is 13.8. The van der Waals surface area contributed by atoms with E-state index in [-0.39, 0.29) is 17.3 Å². The first kappa shape index (κ1) is 24.1. The van der Waals surface area contributed by atoms with Crippen LogP contribution in [0.15, 0.2) is 48.0 Å². The van der Waals surface area contributed by atoms with Gasteiger partial charge in [0, 0.05) is 23.7 Å². The number of hydrazine groups is 1. The van der Waals surface area contributed by atoms with Crippen LogP contribution in [0.3, 0.4) is 0 Å². The molecule has 0 saturated carbocycles. The first-order valence-corrected chi connectivity index (χ1v) is 10.8. The molecular formula is C26H38FN3. The zero-order valence-corrected chi connectivity index (χ0v) is 19.6. The van der Waals surface area contributed by atoms with Gasteiger partial charge in [-0.25, -0.2) is 9.40 Å². The van der Waals surface area contributed by atoms with Crippen molar-refractivity contribution in [1.82, 2.24) is 10.4 Å². The number of nitrogens with one attached hydrogen (secondary N) is 1. The van der Waals surface area contributed by atoms with Gasteiger partial charge in [-0.05, 0) is 95.0 Å². The maximum Gasteiger partial charge on any atom is 0.126 e. The van der Waals surface area contributed by atoms with Crippen molar-refractivity contribution < 1.29 is 4.39 Å². The van der Waals surface area contributed by atoms with Crippen LogP contribution >= 0.6 is 0 Å². The second-order valence-electron chi connectivity index (χ2n) is 8.92. The van der Waals surface area contributed by atoms with Gasteiger partial charge in [-0.2, -0.15) is 0 Å². The van der Waals surface area contributed by atoms with Crippen molar-refractivity contribution in [3.05, 3.63) is 76.1 Å². The molecule has 0 heterocycles. The Balaban J connectivity index is 2.52. The molecule has 2 aromatic rings. The Morgan fingerprint density at radius 2 is 1.77 bits per heavy atom. The second kappa shape index (κ2) is 10.2. The summed E-state index contributed by atoms with van der Waals surface area (Å²) < 4.78 is 13.8. The smallest absolute Gasteiger partial charge is 0.126 e. The van der Waals surface area contributed by atoms with E-state index in [0.29, 0.717) is 5.56 Å². The minimum Gasteiger partial charge on any atom is -0.398 e. The van der Waals surface area contributed by atoms with Crippen LogP contribution in [0.1, 0.15) is 68.7 Å². The highest BCUT2D eigenvalue weighted by Gasteiger charge is 2.31. The quantitative estimate of drug-likeness (QED) is 0.502. The van der Waals surface area contributed by atoms with Crippen LogP contribution < -0.4 is 11.2 Å². The fourth-order valence-corrected chi connectivity index (χ4v) is 4.10. The summed E-state index contributed by atoms with van der Waals surface area (Å²) in [5, 5.41) is 2.31. The van der Waals surface area contributed by atoms with Crippen molar-refractivity contribution in [3.8, 4) is 0 Å². The summed E-state index contributed by atoms with van der Waals surface area (Å²) >= 11 is 0. The third-order valence-electron chi connectivity index (χ3n) is 6.05. The minimum absolute atomic E-state index is 0.0828. The molecule has 2 rings (SSSR count). The number of nitrogens with two attached hydrogens (primary N) is 1. The lowest BCUT2D eigenvalue weighted by Crippen LogP contribution is -2.51. The zero-order valence-electron chi connectivity index (χ0n) is 19.6. The largest absolute Gasteiger partial charge is 0.398 e. The Bertz CT molecular complexity index is 868. The highest BCUT2D eigenvalue weighted by atomic mass is 19.1.